The zero-order valence-electron chi connectivity index (χ0n) is 8.24. The standard InChI is InChI=1S/C11H12FNO2/c12-10-2-1-8(7-13-10)11(15)5-3-9(14)4-6-11/h1-2,7,15H,3-6H2. The topological polar surface area (TPSA) is 50.2 Å². The van der Waals surface area contributed by atoms with Gasteiger partial charge < -0.3 is 5.11 Å². The van der Waals surface area contributed by atoms with E-state index in [0.717, 1.165) is 0 Å². The van der Waals surface area contributed by atoms with E-state index < -0.39 is 11.5 Å². The Hall–Kier alpha value is -1.29. The van der Waals surface area contributed by atoms with Gasteiger partial charge in [-0.3, -0.25) is 4.79 Å². The molecule has 80 valence electrons. The number of pyridine rings is 1. The third-order valence-corrected chi connectivity index (χ3v) is 2.90. The van der Waals surface area contributed by atoms with Crippen molar-refractivity contribution in [3.63, 3.8) is 0 Å². The highest BCUT2D eigenvalue weighted by atomic mass is 19.1. The maximum Gasteiger partial charge on any atom is 0.212 e. The van der Waals surface area contributed by atoms with Crippen molar-refractivity contribution in [2.45, 2.75) is 31.3 Å². The van der Waals surface area contributed by atoms with Crippen LogP contribution in [0.4, 0.5) is 4.39 Å². The van der Waals surface area contributed by atoms with Crippen LogP contribution in [0.1, 0.15) is 31.2 Å². The number of carbonyl (C=O) groups is 1. The molecule has 15 heavy (non-hydrogen) atoms. The minimum Gasteiger partial charge on any atom is -0.385 e. The third kappa shape index (κ3) is 2.04. The molecule has 0 saturated heterocycles. The van der Waals surface area contributed by atoms with Crippen LogP contribution in [0.2, 0.25) is 0 Å². The second-order valence-electron chi connectivity index (χ2n) is 3.94. The predicted molar refractivity (Wildman–Crippen MR) is 51.6 cm³/mol. The van der Waals surface area contributed by atoms with Gasteiger partial charge in [0.2, 0.25) is 5.95 Å². The molecule has 1 saturated carbocycles. The fraction of sp³-hybridized carbons (Fsp3) is 0.455. The smallest absolute Gasteiger partial charge is 0.212 e. The van der Waals surface area contributed by atoms with Gasteiger partial charge in [0.25, 0.3) is 0 Å². The van der Waals surface area contributed by atoms with Gasteiger partial charge in [-0.1, -0.05) is 6.07 Å². The summed E-state index contributed by atoms with van der Waals surface area (Å²) in [4.78, 5) is 14.6. The Bertz CT molecular complexity index is 365. The number of hydrogen-bond acceptors (Lipinski definition) is 3. The molecule has 1 aliphatic rings. The molecule has 0 aromatic carbocycles. The van der Waals surface area contributed by atoms with E-state index in [0.29, 0.717) is 31.2 Å². The SMILES string of the molecule is O=C1CCC(O)(c2ccc(F)nc2)CC1. The first-order valence-corrected chi connectivity index (χ1v) is 4.96. The molecule has 1 heterocycles. The van der Waals surface area contributed by atoms with Crippen LogP contribution in [0.25, 0.3) is 0 Å². The fourth-order valence-corrected chi connectivity index (χ4v) is 1.88. The van der Waals surface area contributed by atoms with Crippen LogP contribution in [-0.4, -0.2) is 15.9 Å². The first-order chi connectivity index (χ1) is 7.10. The summed E-state index contributed by atoms with van der Waals surface area (Å²) >= 11 is 0. The normalized spacial score (nSPS) is 20.3. The van der Waals surface area contributed by atoms with Crippen molar-refractivity contribution in [2.75, 3.05) is 0 Å². The molecule has 0 spiro atoms. The van der Waals surface area contributed by atoms with Crippen molar-refractivity contribution in [1.29, 1.82) is 0 Å². The lowest BCUT2D eigenvalue weighted by Crippen LogP contribution is -2.31. The molecule has 0 atom stereocenters. The quantitative estimate of drug-likeness (QED) is 0.714. The molecule has 0 radical (unpaired) electrons. The van der Waals surface area contributed by atoms with E-state index >= 15 is 0 Å². The molecule has 0 bridgehead atoms. The van der Waals surface area contributed by atoms with Gasteiger partial charge in [-0.2, -0.15) is 4.39 Å². The highest BCUT2D eigenvalue weighted by molar-refractivity contribution is 5.79. The number of hydrogen-bond donors (Lipinski definition) is 1. The van der Waals surface area contributed by atoms with Gasteiger partial charge in [-0.25, -0.2) is 4.98 Å². The summed E-state index contributed by atoms with van der Waals surface area (Å²) in [7, 11) is 0. The summed E-state index contributed by atoms with van der Waals surface area (Å²) in [5.74, 6) is -0.385. The van der Waals surface area contributed by atoms with Crippen LogP contribution in [-0.2, 0) is 10.4 Å². The molecular formula is C11H12FNO2. The molecule has 1 aromatic rings. The first-order valence-electron chi connectivity index (χ1n) is 4.96. The molecule has 4 heteroatoms. The highest BCUT2D eigenvalue weighted by Crippen LogP contribution is 2.35. The Morgan fingerprint density at radius 3 is 2.53 bits per heavy atom. The molecule has 0 unspecified atom stereocenters. The summed E-state index contributed by atoms with van der Waals surface area (Å²) in [6, 6.07) is 2.75. The van der Waals surface area contributed by atoms with E-state index in [4.69, 9.17) is 0 Å². The Morgan fingerprint density at radius 1 is 1.33 bits per heavy atom. The Kier molecular flexibility index (Phi) is 2.52. The lowest BCUT2D eigenvalue weighted by molar-refractivity contribution is -0.125. The second-order valence-corrected chi connectivity index (χ2v) is 3.94. The number of nitrogens with zero attached hydrogens (tertiary/aromatic N) is 1. The maximum absolute atomic E-state index is 12.6. The summed E-state index contributed by atoms with van der Waals surface area (Å²) in [5.41, 5.74) is -0.411. The first kappa shape index (κ1) is 10.2. The molecular weight excluding hydrogens is 197 g/mol. The van der Waals surface area contributed by atoms with Gasteiger partial charge in [-0.15, -0.1) is 0 Å². The van der Waals surface area contributed by atoms with Gasteiger partial charge in [0.05, 0.1) is 5.60 Å². The maximum atomic E-state index is 12.6. The summed E-state index contributed by atoms with van der Waals surface area (Å²) in [6.45, 7) is 0. The van der Waals surface area contributed by atoms with Crippen LogP contribution >= 0.6 is 0 Å². The van der Waals surface area contributed by atoms with Crippen molar-refractivity contribution in [2.24, 2.45) is 0 Å². The van der Waals surface area contributed by atoms with E-state index in [9.17, 15) is 14.3 Å². The summed E-state index contributed by atoms with van der Waals surface area (Å²) < 4.78 is 12.6. The van der Waals surface area contributed by atoms with Gasteiger partial charge in [0, 0.05) is 24.6 Å². The number of halogens is 1. The van der Waals surface area contributed by atoms with E-state index in [1.54, 1.807) is 0 Å². The predicted octanol–water partition coefficient (Wildman–Crippen LogP) is 1.55. The molecule has 3 nitrogen and oxygen atoms in total. The summed E-state index contributed by atoms with van der Waals surface area (Å²) in [6.07, 6.45) is 2.91. The summed E-state index contributed by atoms with van der Waals surface area (Å²) in [5, 5.41) is 10.2. The van der Waals surface area contributed by atoms with Crippen LogP contribution in [0, 0.1) is 5.95 Å². The zero-order chi connectivity index (χ0) is 10.9. The second kappa shape index (κ2) is 3.70. The van der Waals surface area contributed by atoms with Crippen molar-refractivity contribution < 1.29 is 14.3 Å². The van der Waals surface area contributed by atoms with Gasteiger partial charge >= 0.3 is 0 Å². The van der Waals surface area contributed by atoms with E-state index in [1.165, 1.54) is 18.3 Å². The van der Waals surface area contributed by atoms with E-state index in [2.05, 4.69) is 4.98 Å². The van der Waals surface area contributed by atoms with Crippen LogP contribution in [0.15, 0.2) is 18.3 Å². The minimum atomic E-state index is -1.01. The molecule has 1 aromatic heterocycles. The number of ketones is 1. The molecule has 2 rings (SSSR count). The molecule has 0 aliphatic heterocycles. The van der Waals surface area contributed by atoms with Crippen molar-refractivity contribution in [3.05, 3.63) is 29.8 Å². The van der Waals surface area contributed by atoms with Crippen molar-refractivity contribution in [3.8, 4) is 0 Å². The molecule has 1 aliphatic carbocycles. The minimum absolute atomic E-state index is 0.176. The number of Topliss-reactive ketones (excluding diaryl/α,β-unsaturated/α-hetero) is 1. The van der Waals surface area contributed by atoms with Crippen molar-refractivity contribution in [1.82, 2.24) is 4.98 Å². The average molecular weight is 209 g/mol. The number of rotatable bonds is 1. The van der Waals surface area contributed by atoms with Gasteiger partial charge in [-0.05, 0) is 18.9 Å². The largest absolute Gasteiger partial charge is 0.385 e. The zero-order valence-corrected chi connectivity index (χ0v) is 8.24. The Balaban J connectivity index is 2.22. The monoisotopic (exact) mass is 209 g/mol. The average Bonchev–Trinajstić information content (AvgIpc) is 2.24. The van der Waals surface area contributed by atoms with Gasteiger partial charge in [0.15, 0.2) is 0 Å². The molecule has 1 fully saturated rings. The Labute approximate surface area is 87.0 Å². The third-order valence-electron chi connectivity index (χ3n) is 2.90. The number of carbonyl (C=O) groups excluding carboxylic acids is 1. The van der Waals surface area contributed by atoms with Crippen LogP contribution < -0.4 is 0 Å². The molecule has 0 amide bonds. The van der Waals surface area contributed by atoms with E-state index in [-0.39, 0.29) is 5.78 Å². The fourth-order valence-electron chi connectivity index (χ4n) is 1.88. The lowest BCUT2D eigenvalue weighted by Gasteiger charge is -2.31. The van der Waals surface area contributed by atoms with Gasteiger partial charge in [0.1, 0.15) is 5.78 Å². The molecule has 1 N–H and O–H groups in total. The van der Waals surface area contributed by atoms with E-state index in [1.807, 2.05) is 0 Å². The highest BCUT2D eigenvalue weighted by Gasteiger charge is 2.34. The van der Waals surface area contributed by atoms with Crippen LogP contribution in [0.5, 0.6) is 0 Å². The number of aromatic nitrogens is 1. The number of aliphatic hydroxyl groups is 1. The lowest BCUT2D eigenvalue weighted by atomic mass is 9.80. The van der Waals surface area contributed by atoms with Crippen LogP contribution in [0.3, 0.4) is 0 Å². The Morgan fingerprint density at radius 2 is 2.00 bits per heavy atom. The van der Waals surface area contributed by atoms with Crippen molar-refractivity contribution >= 4 is 5.78 Å².